The molecule has 2 aromatic carbocycles. The molecule has 2 heterocycles. The van der Waals surface area contributed by atoms with Crippen molar-refractivity contribution in [3.63, 3.8) is 0 Å². The summed E-state index contributed by atoms with van der Waals surface area (Å²) in [4.78, 5) is 27.2. The molecule has 0 unspecified atom stereocenters. The van der Waals surface area contributed by atoms with Gasteiger partial charge in [0.05, 0.1) is 29.6 Å². The van der Waals surface area contributed by atoms with E-state index in [1.165, 1.54) is 12.1 Å². The third-order valence-electron chi connectivity index (χ3n) is 5.93. The monoisotopic (exact) mass is 434 g/mol. The Bertz CT molecular complexity index is 1090. The van der Waals surface area contributed by atoms with Crippen molar-refractivity contribution in [2.45, 2.75) is 38.8 Å². The van der Waals surface area contributed by atoms with Gasteiger partial charge in [-0.1, -0.05) is 49.4 Å². The molecule has 1 fully saturated rings. The zero-order valence-electron chi connectivity index (χ0n) is 18.1. The van der Waals surface area contributed by atoms with Crippen molar-refractivity contribution in [1.29, 1.82) is 0 Å². The van der Waals surface area contributed by atoms with E-state index in [0.29, 0.717) is 44.5 Å². The molecule has 1 aliphatic heterocycles. The van der Waals surface area contributed by atoms with Crippen LogP contribution in [0.2, 0.25) is 0 Å². The molecule has 6 nitrogen and oxygen atoms in total. The van der Waals surface area contributed by atoms with E-state index < -0.39 is 5.82 Å². The van der Waals surface area contributed by atoms with Crippen LogP contribution in [0.5, 0.6) is 0 Å². The lowest BCUT2D eigenvalue weighted by Crippen LogP contribution is -2.46. The Hall–Kier alpha value is -3.48. The highest BCUT2D eigenvalue weighted by Gasteiger charge is 2.27. The maximum atomic E-state index is 13.9. The molecule has 0 bridgehead atoms. The van der Waals surface area contributed by atoms with E-state index in [1.807, 2.05) is 41.9 Å². The quantitative estimate of drug-likeness (QED) is 0.644. The zero-order chi connectivity index (χ0) is 22.5. The summed E-state index contributed by atoms with van der Waals surface area (Å²) in [7, 11) is 0. The second kappa shape index (κ2) is 9.77. The lowest BCUT2D eigenvalue weighted by molar-refractivity contribution is 0.0693. The maximum absolute atomic E-state index is 13.9. The van der Waals surface area contributed by atoms with Crippen molar-refractivity contribution < 1.29 is 14.0 Å². The Morgan fingerprint density at radius 1 is 1.03 bits per heavy atom. The van der Waals surface area contributed by atoms with Crippen molar-refractivity contribution in [2.75, 3.05) is 13.1 Å². The fraction of sp³-hybridized carbons (Fsp3) is 0.320. The molecule has 32 heavy (non-hydrogen) atoms. The molecule has 0 saturated carbocycles. The van der Waals surface area contributed by atoms with Gasteiger partial charge in [-0.2, -0.15) is 5.10 Å². The first-order valence-electron chi connectivity index (χ1n) is 11.0. The van der Waals surface area contributed by atoms with E-state index in [0.717, 1.165) is 11.3 Å². The number of amides is 2. The highest BCUT2D eigenvalue weighted by Crippen LogP contribution is 2.18. The molecular weight excluding hydrogens is 407 g/mol. The normalized spacial score (nSPS) is 14.4. The van der Waals surface area contributed by atoms with Crippen LogP contribution >= 0.6 is 0 Å². The van der Waals surface area contributed by atoms with E-state index >= 15 is 0 Å². The Kier molecular flexibility index (Phi) is 6.63. The highest BCUT2D eigenvalue weighted by molar-refractivity contribution is 5.96. The number of hydrogen-bond acceptors (Lipinski definition) is 3. The number of nitrogens with one attached hydrogen (secondary N) is 1. The molecule has 0 aliphatic carbocycles. The number of rotatable bonds is 6. The lowest BCUT2D eigenvalue weighted by atomic mass is 10.0. The SMILES string of the molecule is CCc1c(C(=O)NC2CCN(C(=O)c3ccccc3F)CC2)cnn1Cc1ccccc1. The van der Waals surface area contributed by atoms with Crippen LogP contribution in [0.25, 0.3) is 0 Å². The zero-order valence-corrected chi connectivity index (χ0v) is 18.1. The lowest BCUT2D eigenvalue weighted by Gasteiger charge is -2.32. The number of carbonyl (C=O) groups is 2. The van der Waals surface area contributed by atoms with Gasteiger partial charge in [0.2, 0.25) is 0 Å². The summed E-state index contributed by atoms with van der Waals surface area (Å²) < 4.78 is 15.8. The van der Waals surface area contributed by atoms with E-state index in [4.69, 9.17) is 0 Å². The summed E-state index contributed by atoms with van der Waals surface area (Å²) in [6, 6.07) is 16.0. The van der Waals surface area contributed by atoms with Crippen LogP contribution in [-0.2, 0) is 13.0 Å². The van der Waals surface area contributed by atoms with Crippen LogP contribution in [0.1, 0.15) is 51.7 Å². The molecule has 1 saturated heterocycles. The molecule has 0 atom stereocenters. The van der Waals surface area contributed by atoms with Crippen molar-refractivity contribution in [3.05, 3.63) is 89.0 Å². The van der Waals surface area contributed by atoms with Gasteiger partial charge >= 0.3 is 0 Å². The average Bonchev–Trinajstić information content (AvgIpc) is 3.22. The number of nitrogens with zero attached hydrogens (tertiary/aromatic N) is 3. The summed E-state index contributed by atoms with van der Waals surface area (Å²) in [5, 5.41) is 7.53. The molecule has 4 rings (SSSR count). The van der Waals surface area contributed by atoms with Gasteiger partial charge in [0.25, 0.3) is 11.8 Å². The van der Waals surface area contributed by atoms with E-state index in [2.05, 4.69) is 10.4 Å². The summed E-state index contributed by atoms with van der Waals surface area (Å²) in [6.45, 7) is 3.59. The van der Waals surface area contributed by atoms with Gasteiger partial charge in [-0.3, -0.25) is 14.3 Å². The van der Waals surface area contributed by atoms with Gasteiger partial charge in [0.15, 0.2) is 0 Å². The standard InChI is InChI=1S/C25H27FN4O2/c1-2-23-21(16-27-30(23)17-18-8-4-3-5-9-18)24(31)28-19-12-14-29(15-13-19)25(32)20-10-6-7-11-22(20)26/h3-11,16,19H,2,12-15,17H2,1H3,(H,28,31). The molecular formula is C25H27FN4O2. The second-order valence-electron chi connectivity index (χ2n) is 8.02. The summed E-state index contributed by atoms with van der Waals surface area (Å²) in [6.07, 6.45) is 3.59. The predicted octanol–water partition coefficient (Wildman–Crippen LogP) is 3.67. The van der Waals surface area contributed by atoms with Crippen molar-refractivity contribution in [2.24, 2.45) is 0 Å². The number of carbonyl (C=O) groups excluding carboxylic acids is 2. The van der Waals surface area contributed by atoms with Crippen LogP contribution in [0.15, 0.2) is 60.8 Å². The van der Waals surface area contributed by atoms with Crippen molar-refractivity contribution in [3.8, 4) is 0 Å². The minimum atomic E-state index is -0.507. The van der Waals surface area contributed by atoms with Gasteiger partial charge in [0, 0.05) is 19.1 Å². The number of hydrogen-bond donors (Lipinski definition) is 1. The molecule has 1 aliphatic rings. The van der Waals surface area contributed by atoms with Crippen LogP contribution in [0, 0.1) is 5.82 Å². The first-order chi connectivity index (χ1) is 15.6. The van der Waals surface area contributed by atoms with E-state index in [9.17, 15) is 14.0 Å². The minimum Gasteiger partial charge on any atom is -0.349 e. The smallest absolute Gasteiger partial charge is 0.256 e. The maximum Gasteiger partial charge on any atom is 0.256 e. The summed E-state index contributed by atoms with van der Waals surface area (Å²) in [5.74, 6) is -0.948. The molecule has 166 valence electrons. The van der Waals surface area contributed by atoms with Gasteiger partial charge in [-0.05, 0) is 37.0 Å². The molecule has 1 aromatic heterocycles. The Labute approximate surface area is 187 Å². The number of benzene rings is 2. The van der Waals surface area contributed by atoms with E-state index in [-0.39, 0.29) is 23.4 Å². The van der Waals surface area contributed by atoms with Crippen molar-refractivity contribution >= 4 is 11.8 Å². The van der Waals surface area contributed by atoms with Gasteiger partial charge in [-0.15, -0.1) is 0 Å². The molecule has 7 heteroatoms. The largest absolute Gasteiger partial charge is 0.349 e. The van der Waals surface area contributed by atoms with Crippen LogP contribution < -0.4 is 5.32 Å². The third-order valence-corrected chi connectivity index (χ3v) is 5.93. The average molecular weight is 435 g/mol. The van der Waals surface area contributed by atoms with Crippen LogP contribution in [-0.4, -0.2) is 45.6 Å². The van der Waals surface area contributed by atoms with E-state index in [1.54, 1.807) is 23.2 Å². The fourth-order valence-corrected chi connectivity index (χ4v) is 4.16. The number of aromatic nitrogens is 2. The number of piperidine rings is 1. The molecule has 3 aromatic rings. The minimum absolute atomic E-state index is 0.0330. The molecule has 2 amide bonds. The first kappa shape index (κ1) is 21.7. The first-order valence-corrected chi connectivity index (χ1v) is 11.0. The second-order valence-corrected chi connectivity index (χ2v) is 8.02. The van der Waals surface area contributed by atoms with Gasteiger partial charge in [-0.25, -0.2) is 4.39 Å². The summed E-state index contributed by atoms with van der Waals surface area (Å²) >= 11 is 0. The number of likely N-dealkylation sites (tertiary alicyclic amines) is 1. The summed E-state index contributed by atoms with van der Waals surface area (Å²) in [5.41, 5.74) is 2.71. The Balaban J connectivity index is 1.36. The van der Waals surface area contributed by atoms with Crippen LogP contribution in [0.4, 0.5) is 4.39 Å². The topological polar surface area (TPSA) is 67.2 Å². The molecule has 1 N–H and O–H groups in total. The predicted molar refractivity (Wildman–Crippen MR) is 120 cm³/mol. The van der Waals surface area contributed by atoms with Crippen molar-refractivity contribution in [1.82, 2.24) is 20.0 Å². The van der Waals surface area contributed by atoms with Gasteiger partial charge in [0.1, 0.15) is 5.82 Å². The highest BCUT2D eigenvalue weighted by atomic mass is 19.1. The third kappa shape index (κ3) is 4.72. The molecule has 0 spiro atoms. The Morgan fingerprint density at radius 3 is 2.41 bits per heavy atom. The van der Waals surface area contributed by atoms with Gasteiger partial charge < -0.3 is 10.2 Å². The molecule has 0 radical (unpaired) electrons. The Morgan fingerprint density at radius 2 is 1.72 bits per heavy atom. The van der Waals surface area contributed by atoms with Crippen LogP contribution in [0.3, 0.4) is 0 Å². The number of halogens is 1. The fourth-order valence-electron chi connectivity index (χ4n) is 4.16.